The van der Waals surface area contributed by atoms with Crippen LogP contribution >= 0.6 is 0 Å². The Hall–Kier alpha value is -2.91. The molecule has 0 aliphatic carbocycles. The third kappa shape index (κ3) is 3.06. The zero-order valence-corrected chi connectivity index (χ0v) is 16.3. The molecular formula is C20H24N6O3. The maximum atomic E-state index is 12.6. The van der Waals surface area contributed by atoms with Crippen LogP contribution in [0.15, 0.2) is 41.5 Å². The Labute approximate surface area is 169 Å². The lowest BCUT2D eigenvalue weighted by molar-refractivity contribution is -0.126. The number of morpholine rings is 1. The molecule has 0 bridgehead atoms. The summed E-state index contributed by atoms with van der Waals surface area (Å²) in [6.45, 7) is 4.96. The first-order chi connectivity index (χ1) is 14.1. The quantitative estimate of drug-likeness (QED) is 0.782. The van der Waals surface area contributed by atoms with Crippen LogP contribution < -0.4 is 5.32 Å². The summed E-state index contributed by atoms with van der Waals surface area (Å²) in [7, 11) is 1.67. The van der Waals surface area contributed by atoms with Gasteiger partial charge in [0.15, 0.2) is 12.2 Å². The number of rotatable bonds is 4. The van der Waals surface area contributed by atoms with Crippen LogP contribution in [-0.4, -0.2) is 96.1 Å². The van der Waals surface area contributed by atoms with E-state index in [1.54, 1.807) is 7.05 Å². The summed E-state index contributed by atoms with van der Waals surface area (Å²) < 4.78 is 5.45. The average molecular weight is 396 g/mol. The van der Waals surface area contributed by atoms with Crippen molar-refractivity contribution < 1.29 is 14.3 Å². The van der Waals surface area contributed by atoms with Gasteiger partial charge in [-0.15, -0.1) is 0 Å². The molecule has 1 aromatic rings. The molecule has 4 aliphatic heterocycles. The van der Waals surface area contributed by atoms with E-state index in [9.17, 15) is 9.59 Å². The largest absolute Gasteiger partial charge is 0.379 e. The number of hydrogen-bond acceptors (Lipinski definition) is 7. The molecule has 9 heteroatoms. The van der Waals surface area contributed by atoms with Gasteiger partial charge < -0.3 is 19.4 Å². The van der Waals surface area contributed by atoms with E-state index in [-0.39, 0.29) is 5.91 Å². The van der Waals surface area contributed by atoms with Gasteiger partial charge in [-0.05, 0) is 5.56 Å². The molecule has 152 valence electrons. The zero-order chi connectivity index (χ0) is 20.0. The number of carbonyl (C=O) groups is 2. The summed E-state index contributed by atoms with van der Waals surface area (Å²) in [4.78, 5) is 37.3. The van der Waals surface area contributed by atoms with Crippen LogP contribution in [0.4, 0.5) is 4.79 Å². The SMILES string of the molecule is CN1C(=O)NC(=O)C2C1N=C1N(CCN3CCOCC3)C(c3ccccc3)=CN12. The smallest absolute Gasteiger partial charge is 0.325 e. The molecule has 0 spiro atoms. The minimum atomic E-state index is -0.542. The monoisotopic (exact) mass is 396 g/mol. The highest BCUT2D eigenvalue weighted by molar-refractivity contribution is 6.06. The fourth-order valence-corrected chi connectivity index (χ4v) is 4.25. The van der Waals surface area contributed by atoms with E-state index in [1.165, 1.54) is 4.90 Å². The Balaban J connectivity index is 1.45. The molecule has 0 saturated carbocycles. The fourth-order valence-electron chi connectivity index (χ4n) is 4.25. The minimum Gasteiger partial charge on any atom is -0.379 e. The molecule has 4 heterocycles. The van der Waals surface area contributed by atoms with Crippen LogP contribution in [0.5, 0.6) is 0 Å². The Bertz CT molecular complexity index is 879. The summed E-state index contributed by atoms with van der Waals surface area (Å²) in [5.74, 6) is 0.416. The number of benzene rings is 1. The molecule has 1 N–H and O–H groups in total. The van der Waals surface area contributed by atoms with Crippen molar-refractivity contribution in [3.05, 3.63) is 42.1 Å². The number of aliphatic imine (C=N–C) groups is 1. The number of fused-ring (bicyclic) bond motifs is 3. The van der Waals surface area contributed by atoms with Gasteiger partial charge in [0.2, 0.25) is 5.96 Å². The third-order valence-electron chi connectivity index (χ3n) is 5.88. The number of urea groups is 1. The summed E-state index contributed by atoms with van der Waals surface area (Å²) in [5.41, 5.74) is 2.09. The van der Waals surface area contributed by atoms with Gasteiger partial charge in [0, 0.05) is 39.4 Å². The van der Waals surface area contributed by atoms with Crippen molar-refractivity contribution in [2.24, 2.45) is 4.99 Å². The second-order valence-electron chi connectivity index (χ2n) is 7.59. The summed E-state index contributed by atoms with van der Waals surface area (Å²) in [6, 6.07) is 9.16. The summed E-state index contributed by atoms with van der Waals surface area (Å²) in [5, 5.41) is 2.43. The van der Waals surface area contributed by atoms with E-state index >= 15 is 0 Å². The first-order valence-electron chi connectivity index (χ1n) is 9.92. The van der Waals surface area contributed by atoms with Crippen molar-refractivity contribution in [2.75, 3.05) is 46.4 Å². The number of amides is 3. The van der Waals surface area contributed by atoms with Crippen molar-refractivity contribution in [3.63, 3.8) is 0 Å². The topological polar surface area (TPSA) is 80.7 Å². The van der Waals surface area contributed by atoms with Gasteiger partial charge in [-0.1, -0.05) is 30.3 Å². The lowest BCUT2D eigenvalue weighted by Crippen LogP contribution is -2.62. The Morgan fingerprint density at radius 3 is 2.66 bits per heavy atom. The van der Waals surface area contributed by atoms with Crippen LogP contribution in [0.2, 0.25) is 0 Å². The Morgan fingerprint density at radius 1 is 1.14 bits per heavy atom. The van der Waals surface area contributed by atoms with Gasteiger partial charge in [0.25, 0.3) is 5.91 Å². The normalized spacial score (nSPS) is 26.9. The molecule has 9 nitrogen and oxygen atoms in total. The number of nitrogens with one attached hydrogen (secondary N) is 1. The lowest BCUT2D eigenvalue weighted by atomic mass is 10.1. The van der Waals surface area contributed by atoms with Crippen molar-refractivity contribution in [3.8, 4) is 0 Å². The fraction of sp³-hybridized carbons (Fsp3) is 0.450. The van der Waals surface area contributed by atoms with Gasteiger partial charge in [0.1, 0.15) is 0 Å². The van der Waals surface area contributed by atoms with E-state index in [0.717, 1.165) is 56.6 Å². The van der Waals surface area contributed by atoms with E-state index in [4.69, 9.17) is 9.73 Å². The van der Waals surface area contributed by atoms with E-state index in [2.05, 4.69) is 27.2 Å². The predicted molar refractivity (Wildman–Crippen MR) is 107 cm³/mol. The van der Waals surface area contributed by atoms with Crippen LogP contribution in [0.25, 0.3) is 5.70 Å². The van der Waals surface area contributed by atoms with Gasteiger partial charge in [-0.3, -0.25) is 15.0 Å². The van der Waals surface area contributed by atoms with Gasteiger partial charge in [-0.2, -0.15) is 0 Å². The minimum absolute atomic E-state index is 0.310. The lowest BCUT2D eigenvalue weighted by Gasteiger charge is -2.34. The molecule has 0 aromatic heterocycles. The molecule has 2 saturated heterocycles. The number of imide groups is 1. The maximum absolute atomic E-state index is 12.6. The van der Waals surface area contributed by atoms with Crippen molar-refractivity contribution in [2.45, 2.75) is 12.2 Å². The van der Waals surface area contributed by atoms with Gasteiger partial charge in [-0.25, -0.2) is 9.79 Å². The third-order valence-corrected chi connectivity index (χ3v) is 5.88. The second-order valence-corrected chi connectivity index (χ2v) is 7.59. The molecule has 4 aliphatic rings. The maximum Gasteiger partial charge on any atom is 0.325 e. The molecular weight excluding hydrogens is 372 g/mol. The number of carbonyl (C=O) groups excluding carboxylic acids is 2. The Morgan fingerprint density at radius 2 is 1.90 bits per heavy atom. The predicted octanol–water partition coefficient (Wildman–Crippen LogP) is 0.181. The Kier molecular flexibility index (Phi) is 4.48. The standard InChI is InChI=1S/C20H24N6O3/c1-23-17-16(18(27)22-20(23)28)26-13-15(14-5-3-2-4-6-14)25(19(26)21-17)8-7-24-9-11-29-12-10-24/h2-6,13,16-17H,7-12H2,1H3,(H,22,27,28). The highest BCUT2D eigenvalue weighted by Gasteiger charge is 2.51. The molecule has 0 radical (unpaired) electrons. The number of hydrogen-bond donors (Lipinski definition) is 1. The van der Waals surface area contributed by atoms with Crippen molar-refractivity contribution >= 4 is 23.6 Å². The average Bonchev–Trinajstić information content (AvgIpc) is 3.28. The van der Waals surface area contributed by atoms with Crippen molar-refractivity contribution in [1.82, 2.24) is 24.9 Å². The molecule has 2 fully saturated rings. The summed E-state index contributed by atoms with van der Waals surface area (Å²) in [6.07, 6.45) is 1.48. The van der Waals surface area contributed by atoms with Crippen LogP contribution in [0.1, 0.15) is 5.56 Å². The molecule has 1 aromatic carbocycles. The molecule has 2 unspecified atom stereocenters. The number of likely N-dealkylation sites (N-methyl/N-ethyl adjacent to an activating group) is 1. The number of nitrogens with zero attached hydrogens (tertiary/aromatic N) is 5. The first-order valence-corrected chi connectivity index (χ1v) is 9.92. The van der Waals surface area contributed by atoms with Crippen LogP contribution in [0.3, 0.4) is 0 Å². The summed E-state index contributed by atoms with van der Waals surface area (Å²) >= 11 is 0. The van der Waals surface area contributed by atoms with Crippen molar-refractivity contribution in [1.29, 1.82) is 0 Å². The van der Waals surface area contributed by atoms with Crippen LogP contribution in [0, 0.1) is 0 Å². The highest BCUT2D eigenvalue weighted by Crippen LogP contribution is 2.35. The van der Waals surface area contributed by atoms with Crippen LogP contribution in [-0.2, 0) is 9.53 Å². The zero-order valence-electron chi connectivity index (χ0n) is 16.3. The molecule has 5 rings (SSSR count). The van der Waals surface area contributed by atoms with E-state index < -0.39 is 18.2 Å². The number of ether oxygens (including phenoxy) is 1. The van der Waals surface area contributed by atoms with Gasteiger partial charge in [0.05, 0.1) is 18.9 Å². The van der Waals surface area contributed by atoms with E-state index in [0.29, 0.717) is 0 Å². The number of guanidine groups is 1. The van der Waals surface area contributed by atoms with E-state index in [1.807, 2.05) is 29.3 Å². The first kappa shape index (κ1) is 18.1. The molecule has 2 atom stereocenters. The second kappa shape index (κ2) is 7.16. The molecule has 3 amide bonds. The highest BCUT2D eigenvalue weighted by atomic mass is 16.5. The molecule has 29 heavy (non-hydrogen) atoms. The van der Waals surface area contributed by atoms with Gasteiger partial charge >= 0.3 is 6.03 Å².